The summed E-state index contributed by atoms with van der Waals surface area (Å²) >= 11 is -2.36. The number of benzene rings is 1. The summed E-state index contributed by atoms with van der Waals surface area (Å²) in [6.45, 7) is 8.14. The molecule has 29 heavy (non-hydrogen) atoms. The van der Waals surface area contributed by atoms with Crippen LogP contribution in [-0.4, -0.2) is 36.9 Å². The number of amides is 1. The van der Waals surface area contributed by atoms with Gasteiger partial charge in [-0.1, -0.05) is 0 Å². The number of hydroxylamine groups is 1. The number of carbonyl (C=O) groups is 1. The Kier molecular flexibility index (Phi) is 11.6. The number of rotatable bonds is 15. The number of hydrogen-bond donors (Lipinski definition) is 2. The molecule has 1 amide bonds. The second-order valence-corrected chi connectivity index (χ2v) is 22.9. The molecule has 4 nitrogen and oxygen atoms in total. The summed E-state index contributed by atoms with van der Waals surface area (Å²) in [4.78, 5) is 18.6. The molecule has 2 atom stereocenters. The number of hydrogen-bond acceptors (Lipinski definition) is 3. The van der Waals surface area contributed by atoms with Crippen LogP contribution in [0.3, 0.4) is 0 Å². The summed E-state index contributed by atoms with van der Waals surface area (Å²) in [5.74, 6) is 0.337. The van der Waals surface area contributed by atoms with E-state index in [0.717, 1.165) is 5.56 Å². The van der Waals surface area contributed by atoms with E-state index in [-0.39, 0.29) is 17.9 Å². The van der Waals surface area contributed by atoms with Crippen molar-refractivity contribution in [3.05, 3.63) is 35.9 Å². The average Bonchev–Trinajstić information content (AvgIpc) is 3.09. The van der Waals surface area contributed by atoms with E-state index >= 15 is 0 Å². The Bertz CT molecular complexity index is 560. The van der Waals surface area contributed by atoms with Crippen LogP contribution in [0.25, 0.3) is 0 Å². The zero-order chi connectivity index (χ0) is 21.0. The molecule has 0 radical (unpaired) electrons. The van der Waals surface area contributed by atoms with Gasteiger partial charge in [-0.05, 0) is 0 Å². The zero-order valence-electron chi connectivity index (χ0n) is 18.8. The van der Waals surface area contributed by atoms with Crippen molar-refractivity contribution in [3.8, 4) is 0 Å². The maximum absolute atomic E-state index is 12.7. The molecule has 2 N–H and O–H groups in total. The third-order valence-electron chi connectivity index (χ3n) is 6.47. The van der Waals surface area contributed by atoms with E-state index in [1.165, 1.54) is 56.3 Å². The van der Waals surface area contributed by atoms with Crippen LogP contribution < -0.4 is 10.8 Å². The molecule has 2 unspecified atom stereocenters. The molecule has 1 aliphatic rings. The predicted molar refractivity (Wildman–Crippen MR) is 124 cm³/mol. The monoisotopic (exact) mass is 510 g/mol. The Morgan fingerprint density at radius 1 is 1.00 bits per heavy atom. The van der Waals surface area contributed by atoms with Crippen LogP contribution in [0.15, 0.2) is 30.3 Å². The van der Waals surface area contributed by atoms with E-state index in [0.29, 0.717) is 13.2 Å². The van der Waals surface area contributed by atoms with Crippen LogP contribution >= 0.6 is 0 Å². The van der Waals surface area contributed by atoms with Crippen molar-refractivity contribution in [2.24, 2.45) is 5.92 Å². The van der Waals surface area contributed by atoms with Crippen molar-refractivity contribution < 1.29 is 9.63 Å². The van der Waals surface area contributed by atoms with Gasteiger partial charge in [0.15, 0.2) is 0 Å². The normalized spacial score (nSPS) is 19.5. The Morgan fingerprint density at radius 3 is 2.14 bits per heavy atom. The molecule has 0 aromatic heterocycles. The Balaban J connectivity index is 2.02. The molecule has 5 heteroatoms. The molecular weight excluding hydrogens is 467 g/mol. The zero-order valence-corrected chi connectivity index (χ0v) is 21.7. The number of carbonyl (C=O) groups excluding carboxylic acids is 1. The molecule has 1 aromatic rings. The SMILES string of the molecule is CCC[CH2][Sn]([CH2]CCC)([CH2]CCC)[CH2]C1C(=O)NCC1NOCc1ccccc1. The average molecular weight is 509 g/mol. The molecule has 1 aliphatic heterocycles. The van der Waals surface area contributed by atoms with E-state index in [4.69, 9.17) is 4.84 Å². The van der Waals surface area contributed by atoms with Gasteiger partial charge < -0.3 is 0 Å². The van der Waals surface area contributed by atoms with Crippen LogP contribution in [0.2, 0.25) is 17.7 Å². The third-order valence-corrected chi connectivity index (χ3v) is 22.3. The second-order valence-electron chi connectivity index (χ2n) is 8.87. The van der Waals surface area contributed by atoms with Crippen molar-refractivity contribution in [2.75, 3.05) is 6.54 Å². The van der Waals surface area contributed by atoms with Crippen LogP contribution in [0.4, 0.5) is 0 Å². The number of unbranched alkanes of at least 4 members (excludes halogenated alkanes) is 3. The van der Waals surface area contributed by atoms with Crippen LogP contribution in [0.1, 0.15) is 64.9 Å². The maximum atomic E-state index is 12.7. The van der Waals surface area contributed by atoms with E-state index in [1.54, 1.807) is 0 Å². The van der Waals surface area contributed by atoms with Gasteiger partial charge in [-0.25, -0.2) is 0 Å². The minimum atomic E-state index is -2.36. The standard InChI is InChI=1S/C12H15N2O2.3C4H9.Sn/c1-9-11(7-13-12(9)15)14-16-8-10-5-3-2-4-6-10;3*1-3-4-2;/h2-6,9,11,14H,1,7-8H2,(H,13,15);3*1,3-4H2,2H3;. The van der Waals surface area contributed by atoms with Crippen molar-refractivity contribution in [3.63, 3.8) is 0 Å². The van der Waals surface area contributed by atoms with E-state index in [2.05, 4.69) is 43.7 Å². The first-order valence-corrected chi connectivity index (χ1v) is 19.9. The van der Waals surface area contributed by atoms with Gasteiger partial charge in [0, 0.05) is 0 Å². The molecule has 2 rings (SSSR count). The van der Waals surface area contributed by atoms with Gasteiger partial charge in [-0.15, -0.1) is 0 Å². The Morgan fingerprint density at radius 2 is 1.59 bits per heavy atom. The van der Waals surface area contributed by atoms with Crippen LogP contribution in [0.5, 0.6) is 0 Å². The van der Waals surface area contributed by atoms with Crippen molar-refractivity contribution in [1.82, 2.24) is 10.8 Å². The molecule has 164 valence electrons. The topological polar surface area (TPSA) is 50.4 Å². The molecule has 1 saturated heterocycles. The molecule has 0 bridgehead atoms. The first-order chi connectivity index (χ1) is 14.1. The fourth-order valence-corrected chi connectivity index (χ4v) is 22.0. The van der Waals surface area contributed by atoms with Crippen molar-refractivity contribution in [2.45, 2.75) is 89.7 Å². The fourth-order valence-electron chi connectivity index (χ4n) is 4.63. The fraction of sp³-hybridized carbons (Fsp3) is 0.708. The van der Waals surface area contributed by atoms with Crippen molar-refractivity contribution in [1.29, 1.82) is 0 Å². The van der Waals surface area contributed by atoms with E-state index < -0.39 is 18.4 Å². The van der Waals surface area contributed by atoms with E-state index in [1.807, 2.05) is 18.2 Å². The van der Waals surface area contributed by atoms with Gasteiger partial charge >= 0.3 is 183 Å². The molecule has 0 aliphatic carbocycles. The van der Waals surface area contributed by atoms with E-state index in [9.17, 15) is 4.79 Å². The first-order valence-electron chi connectivity index (χ1n) is 11.8. The molecule has 0 saturated carbocycles. The minimum absolute atomic E-state index is 0.0899. The molecular formula is C24H42N2O2Sn. The first kappa shape index (κ1) is 24.7. The van der Waals surface area contributed by atoms with Crippen molar-refractivity contribution >= 4 is 24.3 Å². The summed E-state index contributed by atoms with van der Waals surface area (Å²) in [5, 5.41) is 3.11. The van der Waals surface area contributed by atoms with Crippen LogP contribution in [0, 0.1) is 5.92 Å². The predicted octanol–water partition coefficient (Wildman–Crippen LogP) is 5.67. The molecule has 1 fully saturated rings. The van der Waals surface area contributed by atoms with Crippen LogP contribution in [-0.2, 0) is 16.2 Å². The van der Waals surface area contributed by atoms with Gasteiger partial charge in [-0.3, -0.25) is 0 Å². The van der Waals surface area contributed by atoms with Gasteiger partial charge in [-0.2, -0.15) is 0 Å². The quantitative estimate of drug-likeness (QED) is 0.237. The van der Waals surface area contributed by atoms with Gasteiger partial charge in [0.25, 0.3) is 0 Å². The summed E-state index contributed by atoms with van der Waals surface area (Å²) < 4.78 is 5.54. The second kappa shape index (κ2) is 13.7. The molecule has 1 heterocycles. The van der Waals surface area contributed by atoms with Gasteiger partial charge in [0.05, 0.1) is 0 Å². The third kappa shape index (κ3) is 8.22. The molecule has 1 aromatic carbocycles. The summed E-state index contributed by atoms with van der Waals surface area (Å²) in [6.07, 6.45) is 7.86. The van der Waals surface area contributed by atoms with Gasteiger partial charge in [0.1, 0.15) is 0 Å². The Labute approximate surface area is 182 Å². The summed E-state index contributed by atoms with van der Waals surface area (Å²) in [6, 6.07) is 10.3. The summed E-state index contributed by atoms with van der Waals surface area (Å²) in [5.41, 5.74) is 4.40. The molecule has 0 spiro atoms. The van der Waals surface area contributed by atoms with Gasteiger partial charge in [0.2, 0.25) is 0 Å². The number of nitrogens with one attached hydrogen (secondary N) is 2. The summed E-state index contributed by atoms with van der Waals surface area (Å²) in [7, 11) is 0. The Hall–Kier alpha value is -0.591.